The number of hydrogen-bond donors (Lipinski definition) is 3. The molecule has 2 aromatic carbocycles. The topological polar surface area (TPSA) is 70.2 Å². The molecule has 0 aliphatic heterocycles. The van der Waals surface area contributed by atoms with Crippen LogP contribution in [0, 0.1) is 0 Å². The second kappa shape index (κ2) is 9.17. The van der Waals surface area contributed by atoms with Crippen LogP contribution >= 0.6 is 35.4 Å². The van der Waals surface area contributed by atoms with Gasteiger partial charge >= 0.3 is 0 Å². The number of carbonyl (C=O) groups excluding carboxylic acids is 2. The van der Waals surface area contributed by atoms with Gasteiger partial charge in [0.15, 0.2) is 5.11 Å². The minimum absolute atomic E-state index is 0.0609. The van der Waals surface area contributed by atoms with Crippen LogP contribution in [0.2, 0.25) is 10.0 Å². The van der Waals surface area contributed by atoms with Crippen LogP contribution in [-0.4, -0.2) is 16.9 Å². The van der Waals surface area contributed by atoms with E-state index in [0.717, 1.165) is 0 Å². The Bertz CT molecular complexity index is 840. The van der Waals surface area contributed by atoms with Crippen LogP contribution < -0.4 is 16.2 Å². The van der Waals surface area contributed by atoms with Crippen molar-refractivity contribution in [3.63, 3.8) is 0 Å². The first-order chi connectivity index (χ1) is 12.0. The number of hydrazine groups is 1. The zero-order valence-electron chi connectivity index (χ0n) is 12.8. The lowest BCUT2D eigenvalue weighted by atomic mass is 10.2. The Morgan fingerprint density at radius 2 is 1.56 bits per heavy atom. The molecule has 0 unspecified atom stereocenters. The minimum atomic E-state index is -0.478. The predicted octanol–water partition coefficient (Wildman–Crippen LogP) is 3.34. The molecule has 0 aliphatic rings. The molecule has 0 aromatic heterocycles. The number of thiocarbonyl (C=S) groups is 1. The lowest BCUT2D eigenvalue weighted by Crippen LogP contribution is -2.48. The molecule has 0 bridgehead atoms. The lowest BCUT2D eigenvalue weighted by Gasteiger charge is -2.10. The maximum atomic E-state index is 11.9. The fourth-order valence-corrected chi connectivity index (χ4v) is 2.36. The van der Waals surface area contributed by atoms with Gasteiger partial charge in [0.2, 0.25) is 5.91 Å². The van der Waals surface area contributed by atoms with Crippen molar-refractivity contribution in [2.45, 2.75) is 0 Å². The Kier molecular flexibility index (Phi) is 6.94. The monoisotopic (exact) mass is 393 g/mol. The maximum Gasteiger partial charge on any atom is 0.271 e. The number of hydrogen-bond acceptors (Lipinski definition) is 3. The highest BCUT2D eigenvalue weighted by Crippen LogP contribution is 2.16. The fourth-order valence-electron chi connectivity index (χ4n) is 1.79. The van der Waals surface area contributed by atoms with Crippen molar-refractivity contribution in [1.29, 1.82) is 0 Å². The summed E-state index contributed by atoms with van der Waals surface area (Å²) in [4.78, 5) is 23.7. The van der Waals surface area contributed by atoms with Crippen molar-refractivity contribution in [1.82, 2.24) is 16.2 Å². The van der Waals surface area contributed by atoms with Gasteiger partial charge in [0.1, 0.15) is 0 Å². The Morgan fingerprint density at radius 3 is 2.24 bits per heavy atom. The van der Waals surface area contributed by atoms with E-state index in [-0.39, 0.29) is 10.7 Å². The molecule has 128 valence electrons. The molecule has 25 heavy (non-hydrogen) atoms. The van der Waals surface area contributed by atoms with Crippen molar-refractivity contribution >= 4 is 58.4 Å². The van der Waals surface area contributed by atoms with Gasteiger partial charge < -0.3 is 0 Å². The summed E-state index contributed by atoms with van der Waals surface area (Å²) in [6.45, 7) is 0. The molecule has 0 radical (unpaired) electrons. The lowest BCUT2D eigenvalue weighted by molar-refractivity contribution is -0.115. The molecule has 2 amide bonds. The SMILES string of the molecule is O=C(C=Cc1ccccc1Cl)NC(=S)NNC(=O)c1ccccc1Cl. The normalized spacial score (nSPS) is 10.3. The molecule has 0 atom stereocenters. The summed E-state index contributed by atoms with van der Waals surface area (Å²) in [5.74, 6) is -0.946. The zero-order valence-corrected chi connectivity index (χ0v) is 15.1. The van der Waals surface area contributed by atoms with E-state index in [2.05, 4.69) is 16.2 Å². The van der Waals surface area contributed by atoms with Gasteiger partial charge in [0, 0.05) is 11.1 Å². The van der Waals surface area contributed by atoms with Crippen molar-refractivity contribution in [3.8, 4) is 0 Å². The number of rotatable bonds is 3. The molecule has 0 aliphatic carbocycles. The van der Waals surface area contributed by atoms with Gasteiger partial charge in [0.05, 0.1) is 10.6 Å². The second-order valence-electron chi connectivity index (χ2n) is 4.73. The van der Waals surface area contributed by atoms with E-state index in [1.54, 1.807) is 54.6 Å². The summed E-state index contributed by atoms with van der Waals surface area (Å²) in [6.07, 6.45) is 2.84. The van der Waals surface area contributed by atoms with E-state index in [9.17, 15) is 9.59 Å². The molecule has 0 saturated heterocycles. The third-order valence-corrected chi connectivity index (χ3v) is 3.84. The summed E-state index contributed by atoms with van der Waals surface area (Å²) in [6, 6.07) is 13.6. The van der Waals surface area contributed by atoms with Crippen LogP contribution in [0.4, 0.5) is 0 Å². The molecule has 0 heterocycles. The number of carbonyl (C=O) groups is 2. The summed E-state index contributed by atoms with van der Waals surface area (Å²) in [5, 5.41) is 3.17. The Morgan fingerprint density at radius 1 is 0.920 bits per heavy atom. The van der Waals surface area contributed by atoms with E-state index in [4.69, 9.17) is 35.4 Å². The highest BCUT2D eigenvalue weighted by atomic mass is 35.5. The van der Waals surface area contributed by atoms with Crippen molar-refractivity contribution < 1.29 is 9.59 Å². The minimum Gasteiger partial charge on any atom is -0.298 e. The van der Waals surface area contributed by atoms with Gasteiger partial charge in [0.25, 0.3) is 5.91 Å². The van der Waals surface area contributed by atoms with Crippen LogP contribution in [-0.2, 0) is 4.79 Å². The molecule has 5 nitrogen and oxygen atoms in total. The van der Waals surface area contributed by atoms with Crippen molar-refractivity contribution in [2.75, 3.05) is 0 Å². The summed E-state index contributed by atoms with van der Waals surface area (Å²) < 4.78 is 0. The van der Waals surface area contributed by atoms with E-state index in [1.165, 1.54) is 6.08 Å². The molecular formula is C17H13Cl2N3O2S. The first-order valence-corrected chi connectivity index (χ1v) is 8.22. The summed E-state index contributed by atoms with van der Waals surface area (Å²) >= 11 is 16.8. The molecule has 8 heteroatoms. The third kappa shape index (κ3) is 5.86. The van der Waals surface area contributed by atoms with Gasteiger partial charge in [-0.1, -0.05) is 53.5 Å². The summed E-state index contributed by atoms with van der Waals surface area (Å²) in [5.41, 5.74) is 5.76. The van der Waals surface area contributed by atoms with Gasteiger partial charge in [-0.05, 0) is 42.1 Å². The van der Waals surface area contributed by atoms with Gasteiger partial charge in [-0.25, -0.2) is 0 Å². The largest absolute Gasteiger partial charge is 0.298 e. The van der Waals surface area contributed by atoms with Gasteiger partial charge in [-0.15, -0.1) is 0 Å². The zero-order chi connectivity index (χ0) is 18.2. The van der Waals surface area contributed by atoms with Crippen LogP contribution in [0.5, 0.6) is 0 Å². The second-order valence-corrected chi connectivity index (χ2v) is 5.95. The Hall–Kier alpha value is -2.41. The molecule has 0 saturated carbocycles. The van der Waals surface area contributed by atoms with Crippen LogP contribution in [0.25, 0.3) is 6.08 Å². The quantitative estimate of drug-likeness (QED) is 0.424. The van der Waals surface area contributed by atoms with Crippen LogP contribution in [0.15, 0.2) is 54.6 Å². The van der Waals surface area contributed by atoms with Crippen LogP contribution in [0.1, 0.15) is 15.9 Å². The number of nitrogens with one attached hydrogen (secondary N) is 3. The predicted molar refractivity (Wildman–Crippen MR) is 103 cm³/mol. The molecule has 0 spiro atoms. The fraction of sp³-hybridized carbons (Fsp3) is 0. The number of benzene rings is 2. The van der Waals surface area contributed by atoms with Crippen molar-refractivity contribution in [2.24, 2.45) is 0 Å². The highest BCUT2D eigenvalue weighted by Gasteiger charge is 2.09. The van der Waals surface area contributed by atoms with E-state index < -0.39 is 11.8 Å². The molecule has 0 fully saturated rings. The van der Waals surface area contributed by atoms with Crippen molar-refractivity contribution in [3.05, 3.63) is 75.8 Å². The Balaban J connectivity index is 1.84. The standard InChI is InChI=1S/C17H13Cl2N3O2S/c18-13-7-3-1-5-11(13)9-10-15(23)20-17(25)22-21-16(24)12-6-2-4-8-14(12)19/h1-10H,(H,21,24)(H2,20,22,23,25). The summed E-state index contributed by atoms with van der Waals surface area (Å²) in [7, 11) is 0. The molecule has 3 N–H and O–H groups in total. The number of halogens is 2. The first-order valence-electron chi connectivity index (χ1n) is 7.06. The highest BCUT2D eigenvalue weighted by molar-refractivity contribution is 7.80. The van der Waals surface area contributed by atoms with Crippen LogP contribution in [0.3, 0.4) is 0 Å². The maximum absolute atomic E-state index is 11.9. The average Bonchev–Trinajstić information content (AvgIpc) is 2.59. The van der Waals surface area contributed by atoms with E-state index >= 15 is 0 Å². The number of amides is 2. The van der Waals surface area contributed by atoms with Gasteiger partial charge in [-0.2, -0.15) is 0 Å². The van der Waals surface area contributed by atoms with E-state index in [0.29, 0.717) is 15.6 Å². The average molecular weight is 394 g/mol. The first kappa shape index (κ1) is 18.9. The third-order valence-electron chi connectivity index (χ3n) is 2.96. The van der Waals surface area contributed by atoms with Gasteiger partial charge in [-0.3, -0.25) is 25.8 Å². The van der Waals surface area contributed by atoms with E-state index in [1.807, 2.05) is 0 Å². The smallest absolute Gasteiger partial charge is 0.271 e. The molecule has 2 aromatic rings. The molecular weight excluding hydrogens is 381 g/mol. The Labute approximate surface area is 160 Å². The molecule has 2 rings (SSSR count).